The fourth-order valence-electron chi connectivity index (χ4n) is 2.73. The van der Waals surface area contributed by atoms with E-state index in [2.05, 4.69) is 5.32 Å². The Morgan fingerprint density at radius 3 is 2.41 bits per heavy atom. The van der Waals surface area contributed by atoms with Crippen LogP contribution in [-0.2, 0) is 5.75 Å². The van der Waals surface area contributed by atoms with Crippen LogP contribution in [0.25, 0.3) is 0 Å². The van der Waals surface area contributed by atoms with E-state index in [0.29, 0.717) is 12.2 Å². The maximum Gasteiger partial charge on any atom is 0.251 e. The molecule has 150 valence electrons. The van der Waals surface area contributed by atoms with E-state index in [-0.39, 0.29) is 11.9 Å². The summed E-state index contributed by atoms with van der Waals surface area (Å²) in [6, 6.07) is 23.3. The van der Waals surface area contributed by atoms with Crippen molar-refractivity contribution in [2.75, 3.05) is 6.61 Å². The van der Waals surface area contributed by atoms with Gasteiger partial charge in [0.2, 0.25) is 0 Å². The van der Waals surface area contributed by atoms with Crippen LogP contribution in [0.3, 0.4) is 0 Å². The summed E-state index contributed by atoms with van der Waals surface area (Å²) in [5.74, 6) is 1.59. The molecule has 0 aromatic heterocycles. The Balaban J connectivity index is 1.47. The van der Waals surface area contributed by atoms with Crippen LogP contribution in [0.5, 0.6) is 5.75 Å². The number of nitrogens with one attached hydrogen (secondary N) is 1. The van der Waals surface area contributed by atoms with Gasteiger partial charge in [0.15, 0.2) is 0 Å². The third-order valence-electron chi connectivity index (χ3n) is 4.40. The van der Waals surface area contributed by atoms with E-state index in [4.69, 9.17) is 16.3 Å². The van der Waals surface area contributed by atoms with Gasteiger partial charge in [-0.25, -0.2) is 0 Å². The standard InChI is InChI=1S/C24H24ClNO2S/c1-17-5-3-4-6-23(17)28-15-18(2)26-24(27)20-9-7-19(8-10-20)16-29-22-13-11-21(25)12-14-22/h3-14,18H,15-16H2,1-2H3,(H,26,27)/t18-/m0/s1. The van der Waals surface area contributed by atoms with Gasteiger partial charge in [0, 0.05) is 21.2 Å². The van der Waals surface area contributed by atoms with Crippen LogP contribution in [0.4, 0.5) is 0 Å². The van der Waals surface area contributed by atoms with E-state index in [1.807, 2.05) is 86.6 Å². The van der Waals surface area contributed by atoms with Crippen molar-refractivity contribution in [3.8, 4) is 5.75 Å². The van der Waals surface area contributed by atoms with Crippen LogP contribution in [-0.4, -0.2) is 18.6 Å². The lowest BCUT2D eigenvalue weighted by molar-refractivity contribution is 0.0926. The number of amides is 1. The summed E-state index contributed by atoms with van der Waals surface area (Å²) < 4.78 is 5.81. The van der Waals surface area contributed by atoms with E-state index in [9.17, 15) is 4.79 Å². The molecule has 0 heterocycles. The second-order valence-corrected chi connectivity index (χ2v) is 8.38. The number of thioether (sulfide) groups is 1. The molecule has 0 aliphatic rings. The van der Waals surface area contributed by atoms with E-state index in [1.54, 1.807) is 11.8 Å². The first-order chi connectivity index (χ1) is 14.0. The molecule has 0 bridgehead atoms. The number of aryl methyl sites for hydroxylation is 1. The molecule has 3 aromatic rings. The van der Waals surface area contributed by atoms with Gasteiger partial charge < -0.3 is 10.1 Å². The monoisotopic (exact) mass is 425 g/mol. The highest BCUT2D eigenvalue weighted by atomic mass is 35.5. The normalized spacial score (nSPS) is 11.7. The number of hydrogen-bond acceptors (Lipinski definition) is 3. The van der Waals surface area contributed by atoms with Crippen molar-refractivity contribution in [2.45, 2.75) is 30.5 Å². The lowest BCUT2D eigenvalue weighted by Crippen LogP contribution is -2.36. The number of hydrogen-bond donors (Lipinski definition) is 1. The summed E-state index contributed by atoms with van der Waals surface area (Å²) in [4.78, 5) is 13.6. The van der Waals surface area contributed by atoms with E-state index < -0.39 is 0 Å². The minimum Gasteiger partial charge on any atom is -0.491 e. The highest BCUT2D eigenvalue weighted by molar-refractivity contribution is 7.98. The second kappa shape index (κ2) is 10.4. The summed E-state index contributed by atoms with van der Waals surface area (Å²) in [5, 5.41) is 3.73. The van der Waals surface area contributed by atoms with Crippen molar-refractivity contribution >= 4 is 29.3 Å². The minimum absolute atomic E-state index is 0.0946. The number of para-hydroxylation sites is 1. The number of rotatable bonds is 8. The molecule has 0 saturated heterocycles. The van der Waals surface area contributed by atoms with Crippen molar-refractivity contribution in [3.05, 3.63) is 94.5 Å². The molecule has 0 radical (unpaired) electrons. The molecule has 1 atom stereocenters. The largest absolute Gasteiger partial charge is 0.491 e. The Morgan fingerprint density at radius 2 is 1.72 bits per heavy atom. The lowest BCUT2D eigenvalue weighted by Gasteiger charge is -2.16. The zero-order chi connectivity index (χ0) is 20.6. The quantitative estimate of drug-likeness (QED) is 0.440. The van der Waals surface area contributed by atoms with Gasteiger partial charge in [-0.1, -0.05) is 41.9 Å². The molecule has 0 spiro atoms. The van der Waals surface area contributed by atoms with Crippen molar-refractivity contribution in [1.29, 1.82) is 0 Å². The molecular formula is C24H24ClNO2S. The predicted octanol–water partition coefficient (Wildman–Crippen LogP) is 6.14. The molecule has 0 aliphatic heterocycles. The average Bonchev–Trinajstić information content (AvgIpc) is 2.73. The Labute approximate surface area is 181 Å². The first-order valence-electron chi connectivity index (χ1n) is 9.48. The van der Waals surface area contributed by atoms with Crippen LogP contribution in [0, 0.1) is 6.92 Å². The van der Waals surface area contributed by atoms with Crippen molar-refractivity contribution < 1.29 is 9.53 Å². The maximum atomic E-state index is 12.5. The number of halogens is 1. The van der Waals surface area contributed by atoms with Gasteiger partial charge in [-0.3, -0.25) is 4.79 Å². The van der Waals surface area contributed by atoms with Gasteiger partial charge in [-0.2, -0.15) is 0 Å². The number of ether oxygens (including phenoxy) is 1. The van der Waals surface area contributed by atoms with Crippen LogP contribution in [0.1, 0.15) is 28.4 Å². The predicted molar refractivity (Wildman–Crippen MR) is 121 cm³/mol. The molecule has 3 aromatic carbocycles. The van der Waals surface area contributed by atoms with Crippen LogP contribution >= 0.6 is 23.4 Å². The number of benzene rings is 3. The first kappa shape index (κ1) is 21.3. The highest BCUT2D eigenvalue weighted by Crippen LogP contribution is 2.24. The third kappa shape index (κ3) is 6.55. The second-order valence-electron chi connectivity index (χ2n) is 6.89. The Kier molecular flexibility index (Phi) is 7.62. The molecule has 5 heteroatoms. The number of carbonyl (C=O) groups excluding carboxylic acids is 1. The van der Waals surface area contributed by atoms with Gasteiger partial charge in [0.1, 0.15) is 12.4 Å². The molecule has 1 amide bonds. The average molecular weight is 426 g/mol. The molecule has 0 aliphatic carbocycles. The smallest absolute Gasteiger partial charge is 0.251 e. The van der Waals surface area contributed by atoms with Gasteiger partial charge >= 0.3 is 0 Å². The minimum atomic E-state index is -0.0951. The van der Waals surface area contributed by atoms with E-state index in [1.165, 1.54) is 4.90 Å². The third-order valence-corrected chi connectivity index (χ3v) is 5.73. The molecule has 0 saturated carbocycles. The van der Waals surface area contributed by atoms with Gasteiger partial charge in [-0.15, -0.1) is 11.8 Å². The maximum absolute atomic E-state index is 12.5. The summed E-state index contributed by atoms with van der Waals surface area (Å²) >= 11 is 7.65. The van der Waals surface area contributed by atoms with E-state index in [0.717, 1.165) is 27.7 Å². The first-order valence-corrected chi connectivity index (χ1v) is 10.8. The van der Waals surface area contributed by atoms with Crippen molar-refractivity contribution in [3.63, 3.8) is 0 Å². The Bertz CT molecular complexity index is 942. The van der Waals surface area contributed by atoms with Gasteiger partial charge in [-0.05, 0) is 67.4 Å². The van der Waals surface area contributed by atoms with Crippen LogP contribution < -0.4 is 10.1 Å². The fraction of sp³-hybridized carbons (Fsp3) is 0.208. The number of carbonyl (C=O) groups is 1. The molecule has 3 nitrogen and oxygen atoms in total. The van der Waals surface area contributed by atoms with Crippen molar-refractivity contribution in [2.24, 2.45) is 0 Å². The zero-order valence-corrected chi connectivity index (χ0v) is 18.1. The molecule has 3 rings (SSSR count). The lowest BCUT2D eigenvalue weighted by atomic mass is 10.1. The molecule has 29 heavy (non-hydrogen) atoms. The molecule has 0 unspecified atom stereocenters. The summed E-state index contributed by atoms with van der Waals surface area (Å²) in [5.41, 5.74) is 2.89. The van der Waals surface area contributed by atoms with E-state index >= 15 is 0 Å². The van der Waals surface area contributed by atoms with Crippen LogP contribution in [0.2, 0.25) is 5.02 Å². The van der Waals surface area contributed by atoms with Gasteiger partial charge in [0.25, 0.3) is 5.91 Å². The SMILES string of the molecule is Cc1ccccc1OC[C@H](C)NC(=O)c1ccc(CSc2ccc(Cl)cc2)cc1. The molecule has 0 fully saturated rings. The van der Waals surface area contributed by atoms with Crippen LogP contribution in [0.15, 0.2) is 77.7 Å². The fourth-order valence-corrected chi connectivity index (χ4v) is 3.71. The topological polar surface area (TPSA) is 38.3 Å². The summed E-state index contributed by atoms with van der Waals surface area (Å²) in [7, 11) is 0. The van der Waals surface area contributed by atoms with Gasteiger partial charge in [0.05, 0.1) is 6.04 Å². The van der Waals surface area contributed by atoms with Crippen molar-refractivity contribution in [1.82, 2.24) is 5.32 Å². The molecule has 1 N–H and O–H groups in total. The summed E-state index contributed by atoms with van der Waals surface area (Å²) in [6.45, 7) is 4.37. The summed E-state index contributed by atoms with van der Waals surface area (Å²) in [6.07, 6.45) is 0. The Hall–Kier alpha value is -2.43. The highest BCUT2D eigenvalue weighted by Gasteiger charge is 2.11. The zero-order valence-electron chi connectivity index (χ0n) is 16.5. The Morgan fingerprint density at radius 1 is 1.03 bits per heavy atom. The molecular weight excluding hydrogens is 402 g/mol.